The van der Waals surface area contributed by atoms with Crippen molar-refractivity contribution in [1.29, 1.82) is 5.26 Å². The third-order valence-electron chi connectivity index (χ3n) is 9.23. The number of anilines is 2. The number of carbonyl (C=O) groups is 2. The van der Waals surface area contributed by atoms with Gasteiger partial charge in [-0.2, -0.15) is 5.26 Å². The molecule has 3 aromatic rings. The summed E-state index contributed by atoms with van der Waals surface area (Å²) in [4.78, 5) is 38.6. The normalized spacial score (nSPS) is 21.0. The fraction of sp³-hybridized carbons (Fsp3) is 0.406. The van der Waals surface area contributed by atoms with E-state index in [0.29, 0.717) is 69.5 Å². The summed E-state index contributed by atoms with van der Waals surface area (Å²) in [6, 6.07) is 11.3. The van der Waals surface area contributed by atoms with Crippen LogP contribution in [0.25, 0.3) is 0 Å². The zero-order valence-electron chi connectivity index (χ0n) is 23.8. The number of nitrogens with one attached hydrogen (secondary N) is 1. The number of piperidine rings is 1. The molecule has 1 spiro atoms. The Labute approximate surface area is 257 Å². The molecule has 0 atom stereocenters. The van der Waals surface area contributed by atoms with Crippen LogP contribution in [-0.2, 0) is 10.2 Å². The first-order chi connectivity index (χ1) is 21.2. The van der Waals surface area contributed by atoms with Gasteiger partial charge in [-0.15, -0.1) is 0 Å². The molecule has 228 valence electrons. The SMILES string of the molecule is N#Cc1ncccc1N1CCC2(CC1)C(=O)N(C[C@H]1CC[C@H](NC(=O)c3cc(Cl)cnc3C(F)F)CC1)c1cc(F)ccc12. The topological polar surface area (TPSA) is 102 Å². The third kappa shape index (κ3) is 5.47. The molecule has 2 fully saturated rings. The molecule has 44 heavy (non-hydrogen) atoms. The number of hydrogen-bond acceptors (Lipinski definition) is 6. The molecule has 2 aromatic heterocycles. The number of halogens is 4. The van der Waals surface area contributed by atoms with Gasteiger partial charge in [0.15, 0.2) is 5.69 Å². The van der Waals surface area contributed by atoms with Gasteiger partial charge >= 0.3 is 0 Å². The van der Waals surface area contributed by atoms with Crippen LogP contribution in [0, 0.1) is 23.1 Å². The van der Waals surface area contributed by atoms with Crippen LogP contribution < -0.4 is 15.1 Å². The van der Waals surface area contributed by atoms with Crippen LogP contribution in [0.1, 0.15) is 72.3 Å². The highest BCUT2D eigenvalue weighted by Gasteiger charge is 2.52. The Hall–Kier alpha value is -4.17. The van der Waals surface area contributed by atoms with E-state index in [2.05, 4.69) is 26.3 Å². The summed E-state index contributed by atoms with van der Waals surface area (Å²) in [7, 11) is 0. The standard InChI is InChI=1S/C32H30ClF3N6O2/c33-20-14-23(28(29(35)36)39-17-20)30(43)40-22-6-3-19(4-7-22)18-42-27-15-21(34)5-8-24(27)32(31(42)44)9-12-41(13-10-32)26-2-1-11-38-25(26)16-37/h1-2,5,8,11,14-15,17,19,22,29H,3-4,6-7,9-10,12-13,18H2,(H,40,43)/t19-,22-. The van der Waals surface area contributed by atoms with E-state index in [1.165, 1.54) is 18.2 Å². The number of rotatable bonds is 6. The molecule has 12 heteroatoms. The molecule has 1 saturated heterocycles. The number of hydrogen-bond donors (Lipinski definition) is 1. The second kappa shape index (κ2) is 12.1. The van der Waals surface area contributed by atoms with Crippen LogP contribution in [0.4, 0.5) is 24.5 Å². The average molecular weight is 623 g/mol. The molecular weight excluding hydrogens is 593 g/mol. The van der Waals surface area contributed by atoms with Gasteiger partial charge in [0.2, 0.25) is 5.91 Å². The first-order valence-corrected chi connectivity index (χ1v) is 15.0. The molecule has 6 rings (SSSR count). The van der Waals surface area contributed by atoms with Crippen molar-refractivity contribution in [3.05, 3.63) is 82.1 Å². The van der Waals surface area contributed by atoms with E-state index in [1.54, 1.807) is 23.2 Å². The number of alkyl halides is 2. The van der Waals surface area contributed by atoms with Crippen molar-refractivity contribution in [1.82, 2.24) is 15.3 Å². The van der Waals surface area contributed by atoms with Gasteiger partial charge < -0.3 is 15.1 Å². The van der Waals surface area contributed by atoms with Crippen molar-refractivity contribution in [3.8, 4) is 6.07 Å². The van der Waals surface area contributed by atoms with Gasteiger partial charge in [-0.3, -0.25) is 14.6 Å². The van der Waals surface area contributed by atoms with Crippen LogP contribution in [0.3, 0.4) is 0 Å². The van der Waals surface area contributed by atoms with Gasteiger partial charge in [0, 0.05) is 38.1 Å². The number of amides is 2. The van der Waals surface area contributed by atoms with Crippen LogP contribution in [-0.4, -0.2) is 47.5 Å². The minimum absolute atomic E-state index is 0.0344. The van der Waals surface area contributed by atoms with Gasteiger partial charge in [-0.1, -0.05) is 17.7 Å². The molecule has 2 aliphatic heterocycles. The van der Waals surface area contributed by atoms with Crippen LogP contribution >= 0.6 is 11.6 Å². The zero-order valence-corrected chi connectivity index (χ0v) is 24.5. The van der Waals surface area contributed by atoms with Gasteiger partial charge in [0.05, 0.1) is 27.4 Å². The average Bonchev–Trinajstić information content (AvgIpc) is 3.23. The number of carbonyl (C=O) groups excluding carboxylic acids is 2. The highest BCUT2D eigenvalue weighted by atomic mass is 35.5. The summed E-state index contributed by atoms with van der Waals surface area (Å²) in [5.74, 6) is -0.959. The quantitative estimate of drug-likeness (QED) is 0.364. The predicted octanol–water partition coefficient (Wildman–Crippen LogP) is 5.95. The van der Waals surface area contributed by atoms with E-state index in [0.717, 1.165) is 17.4 Å². The molecule has 1 aliphatic carbocycles. The van der Waals surface area contributed by atoms with E-state index in [9.17, 15) is 28.0 Å². The number of fused-ring (bicyclic) bond motifs is 2. The molecule has 0 bridgehead atoms. The van der Waals surface area contributed by atoms with Crippen LogP contribution in [0.15, 0.2) is 48.8 Å². The van der Waals surface area contributed by atoms with Crippen molar-refractivity contribution in [3.63, 3.8) is 0 Å². The molecule has 0 unspecified atom stereocenters. The van der Waals surface area contributed by atoms with Gasteiger partial charge in [0.25, 0.3) is 12.3 Å². The van der Waals surface area contributed by atoms with Crippen molar-refractivity contribution < 1.29 is 22.8 Å². The molecule has 1 N–H and O–H groups in total. The Kier molecular flexibility index (Phi) is 8.20. The van der Waals surface area contributed by atoms with E-state index in [1.807, 2.05) is 6.07 Å². The van der Waals surface area contributed by atoms with Crippen molar-refractivity contribution in [2.45, 2.75) is 56.4 Å². The summed E-state index contributed by atoms with van der Waals surface area (Å²) in [5, 5.41) is 12.4. The Balaban J connectivity index is 1.13. The lowest BCUT2D eigenvalue weighted by Crippen LogP contribution is -2.50. The molecule has 1 saturated carbocycles. The number of nitriles is 1. The monoisotopic (exact) mass is 622 g/mol. The maximum atomic E-state index is 14.5. The first-order valence-electron chi connectivity index (χ1n) is 14.7. The summed E-state index contributed by atoms with van der Waals surface area (Å²) >= 11 is 5.91. The van der Waals surface area contributed by atoms with E-state index in [-0.39, 0.29) is 28.5 Å². The lowest BCUT2D eigenvalue weighted by atomic mass is 9.73. The largest absolute Gasteiger partial charge is 0.369 e. The van der Waals surface area contributed by atoms with E-state index >= 15 is 0 Å². The number of nitrogens with zero attached hydrogens (tertiary/aromatic N) is 5. The summed E-state index contributed by atoms with van der Waals surface area (Å²) in [6.07, 6.45) is 3.44. The fourth-order valence-corrected chi connectivity index (χ4v) is 7.12. The molecule has 2 amide bonds. The Morgan fingerprint density at radius 2 is 1.86 bits per heavy atom. The number of pyridine rings is 2. The van der Waals surface area contributed by atoms with Crippen molar-refractivity contribution in [2.75, 3.05) is 29.4 Å². The van der Waals surface area contributed by atoms with E-state index < -0.39 is 29.3 Å². The van der Waals surface area contributed by atoms with Gasteiger partial charge in [-0.25, -0.2) is 18.2 Å². The zero-order chi connectivity index (χ0) is 31.0. The first kappa shape index (κ1) is 29.9. The maximum Gasteiger partial charge on any atom is 0.281 e. The van der Waals surface area contributed by atoms with Crippen LogP contribution in [0.2, 0.25) is 5.02 Å². The molecule has 3 aliphatic rings. The highest BCUT2D eigenvalue weighted by Crippen LogP contribution is 2.49. The fourth-order valence-electron chi connectivity index (χ4n) is 6.96. The minimum Gasteiger partial charge on any atom is -0.369 e. The van der Waals surface area contributed by atoms with Gasteiger partial charge in [-0.05, 0) is 80.3 Å². The third-order valence-corrected chi connectivity index (χ3v) is 9.44. The van der Waals surface area contributed by atoms with E-state index in [4.69, 9.17) is 11.6 Å². The molecule has 4 heterocycles. The molecule has 8 nitrogen and oxygen atoms in total. The van der Waals surface area contributed by atoms with Gasteiger partial charge in [0.1, 0.15) is 17.6 Å². The van der Waals surface area contributed by atoms with Crippen molar-refractivity contribution >= 4 is 34.8 Å². The highest BCUT2D eigenvalue weighted by molar-refractivity contribution is 6.30. The number of benzene rings is 1. The molecular formula is C32H30ClF3N6O2. The lowest BCUT2D eigenvalue weighted by molar-refractivity contribution is -0.124. The Morgan fingerprint density at radius 3 is 2.57 bits per heavy atom. The summed E-state index contributed by atoms with van der Waals surface area (Å²) in [5.41, 5.74) is 0.910. The van der Waals surface area contributed by atoms with Crippen molar-refractivity contribution in [2.24, 2.45) is 5.92 Å². The molecule has 0 radical (unpaired) electrons. The van der Waals surface area contributed by atoms with Crippen LogP contribution in [0.5, 0.6) is 0 Å². The second-order valence-electron chi connectivity index (χ2n) is 11.7. The number of aromatic nitrogens is 2. The predicted molar refractivity (Wildman–Crippen MR) is 158 cm³/mol. The second-order valence-corrected chi connectivity index (χ2v) is 12.1. The molecule has 1 aromatic carbocycles. The summed E-state index contributed by atoms with van der Waals surface area (Å²) in [6.45, 7) is 1.53. The Morgan fingerprint density at radius 1 is 1.11 bits per heavy atom. The minimum atomic E-state index is -2.91. The Bertz CT molecular complexity index is 1630. The lowest BCUT2D eigenvalue weighted by Gasteiger charge is -2.40. The summed E-state index contributed by atoms with van der Waals surface area (Å²) < 4.78 is 41.3. The maximum absolute atomic E-state index is 14.5. The smallest absolute Gasteiger partial charge is 0.281 e.